The molecule has 0 aliphatic rings. The fraction of sp³-hybridized carbons (Fsp3) is 0.667. The van der Waals surface area contributed by atoms with E-state index in [0.29, 0.717) is 0 Å². The van der Waals surface area contributed by atoms with Crippen LogP contribution >= 0.6 is 0 Å². The summed E-state index contributed by atoms with van der Waals surface area (Å²) in [6.45, 7) is 2.69. The first-order valence-electron chi connectivity index (χ1n) is 2.82. The maximum atomic E-state index is 9.26. The third kappa shape index (κ3) is 2320. The number of hydrogen-bond acceptors (Lipinski definition) is 4. The van der Waals surface area contributed by atoms with Gasteiger partial charge < -0.3 is 34.8 Å². The Kier molecular flexibility index (Phi) is 27.0. The minimum atomic E-state index is -0.250. The van der Waals surface area contributed by atoms with Gasteiger partial charge in [0.15, 0.2) is 0 Å². The van der Waals surface area contributed by atoms with Crippen LogP contribution in [-0.2, 0) is 34.8 Å². The molecule has 5 heteroatoms. The van der Waals surface area contributed by atoms with E-state index in [4.69, 9.17) is 0 Å². The van der Waals surface area contributed by atoms with Crippen molar-refractivity contribution in [3.63, 3.8) is 0 Å². The molecular formula is C6H12O2S2Sn. The third-order valence-corrected chi connectivity index (χ3v) is 0. The summed E-state index contributed by atoms with van der Waals surface area (Å²) >= 11 is 8.19. The monoisotopic (exact) mass is 300 g/mol. The Labute approximate surface area is 89.6 Å². The SMILES string of the molecule is CC(=O)[S-].CC(=O)[S-].[CH3][Sn+2][CH3]. The zero-order valence-corrected chi connectivity index (χ0v) is 11.6. The van der Waals surface area contributed by atoms with Crippen molar-refractivity contribution >= 4 is 56.6 Å². The molecule has 0 fully saturated rings. The molecule has 0 aliphatic carbocycles. The summed E-state index contributed by atoms with van der Waals surface area (Å²) < 4.78 is 0. The molecule has 2 nitrogen and oxygen atoms in total. The van der Waals surface area contributed by atoms with E-state index in [1.807, 2.05) is 0 Å². The summed E-state index contributed by atoms with van der Waals surface area (Å²) in [5.74, 6) is 0. The molecule has 0 radical (unpaired) electrons. The minimum absolute atomic E-state index is 0.230. The Morgan fingerprint density at radius 3 is 1.00 bits per heavy atom. The van der Waals surface area contributed by atoms with Gasteiger partial charge in [-0.15, -0.1) is 0 Å². The van der Waals surface area contributed by atoms with Crippen LogP contribution in [0.4, 0.5) is 0 Å². The standard InChI is InChI=1S/2C2H4OS.2CH3.Sn/c2*1-2(3)4;;;/h2*1H3,(H,3,4);2*1H3;/q;;;;+2/p-2. The van der Waals surface area contributed by atoms with Crippen LogP contribution in [0.25, 0.3) is 0 Å². The second kappa shape index (κ2) is 16.9. The van der Waals surface area contributed by atoms with Crippen molar-refractivity contribution < 1.29 is 9.59 Å². The van der Waals surface area contributed by atoms with Gasteiger partial charge in [-0.05, 0) is 13.8 Å². The van der Waals surface area contributed by atoms with Crippen molar-refractivity contribution in [2.75, 3.05) is 0 Å². The molecule has 0 saturated carbocycles. The zero-order chi connectivity index (χ0) is 9.86. The fourth-order valence-corrected chi connectivity index (χ4v) is 0. The van der Waals surface area contributed by atoms with Crippen LogP contribution in [0.2, 0.25) is 9.88 Å². The van der Waals surface area contributed by atoms with Crippen LogP contribution in [0.15, 0.2) is 0 Å². The molecule has 0 aromatic carbocycles. The average molecular weight is 299 g/mol. The van der Waals surface area contributed by atoms with Gasteiger partial charge in [0.2, 0.25) is 0 Å². The predicted molar refractivity (Wildman–Crippen MR) is 53.6 cm³/mol. The summed E-state index contributed by atoms with van der Waals surface area (Å²) in [6.07, 6.45) is 0. The van der Waals surface area contributed by atoms with E-state index in [1.54, 1.807) is 0 Å². The van der Waals surface area contributed by atoms with Crippen LogP contribution in [0.1, 0.15) is 13.8 Å². The zero-order valence-electron chi connectivity index (χ0n) is 7.13. The molecular weight excluding hydrogens is 287 g/mol. The normalized spacial score (nSPS) is 5.45. The molecule has 11 heavy (non-hydrogen) atoms. The number of carbonyl (C=O) groups is 2. The molecule has 0 N–H and O–H groups in total. The van der Waals surface area contributed by atoms with E-state index in [2.05, 4.69) is 35.1 Å². The molecule has 0 rings (SSSR count). The number of rotatable bonds is 0. The first-order chi connectivity index (χ1) is 4.88. The number of hydrogen-bond donors (Lipinski definition) is 0. The van der Waals surface area contributed by atoms with E-state index in [-0.39, 0.29) is 31.4 Å². The van der Waals surface area contributed by atoms with Crippen molar-refractivity contribution in [2.24, 2.45) is 0 Å². The van der Waals surface area contributed by atoms with Crippen LogP contribution in [0.5, 0.6) is 0 Å². The Morgan fingerprint density at radius 1 is 1.00 bits per heavy atom. The molecule has 0 aromatic heterocycles. The van der Waals surface area contributed by atoms with Gasteiger partial charge in [-0.2, -0.15) is 0 Å². The summed E-state index contributed by atoms with van der Waals surface area (Å²) in [5.41, 5.74) is 0. The molecule has 64 valence electrons. The molecule has 0 aliphatic heterocycles. The van der Waals surface area contributed by atoms with Gasteiger partial charge in [-0.25, -0.2) is 0 Å². The maximum absolute atomic E-state index is 9.26. The van der Waals surface area contributed by atoms with Crippen LogP contribution in [-0.4, -0.2) is 31.4 Å². The fourth-order valence-electron chi connectivity index (χ4n) is 0. The van der Waals surface area contributed by atoms with Crippen molar-refractivity contribution in [1.29, 1.82) is 0 Å². The van der Waals surface area contributed by atoms with E-state index in [9.17, 15) is 9.59 Å². The first-order valence-corrected chi connectivity index (χ1v) is 9.34. The Morgan fingerprint density at radius 2 is 1.00 bits per heavy atom. The van der Waals surface area contributed by atoms with E-state index in [1.165, 1.54) is 13.8 Å². The topological polar surface area (TPSA) is 34.1 Å². The summed E-state index contributed by atoms with van der Waals surface area (Å²) in [5, 5.41) is -0.500. The number of carbonyl (C=O) groups excluding carboxylic acids is 2. The quantitative estimate of drug-likeness (QED) is 0.492. The summed E-state index contributed by atoms with van der Waals surface area (Å²) in [6, 6.07) is 0. The van der Waals surface area contributed by atoms with E-state index < -0.39 is 0 Å². The van der Waals surface area contributed by atoms with Gasteiger partial charge in [-0.3, -0.25) is 0 Å². The molecule has 0 amide bonds. The molecule has 0 bridgehead atoms. The van der Waals surface area contributed by atoms with Gasteiger partial charge in [0.05, 0.1) is 0 Å². The van der Waals surface area contributed by atoms with Crippen LogP contribution < -0.4 is 0 Å². The van der Waals surface area contributed by atoms with Crippen molar-refractivity contribution in [1.82, 2.24) is 0 Å². The molecule has 0 saturated heterocycles. The van der Waals surface area contributed by atoms with Gasteiger partial charge >= 0.3 is 31.0 Å². The van der Waals surface area contributed by atoms with Gasteiger partial charge in [0.25, 0.3) is 0 Å². The second-order valence-corrected chi connectivity index (χ2v) is 5.49. The molecule has 0 unspecified atom stereocenters. The Bertz CT molecular complexity index is 86.8. The third-order valence-electron chi connectivity index (χ3n) is 0. The van der Waals surface area contributed by atoms with Crippen LogP contribution in [0.3, 0.4) is 0 Å². The second-order valence-electron chi connectivity index (χ2n) is 1.48. The van der Waals surface area contributed by atoms with Crippen molar-refractivity contribution in [2.45, 2.75) is 23.7 Å². The molecule has 0 heterocycles. The molecule has 0 atom stereocenters. The van der Waals surface area contributed by atoms with Crippen molar-refractivity contribution in [3.8, 4) is 0 Å². The van der Waals surface area contributed by atoms with Crippen molar-refractivity contribution in [3.05, 3.63) is 0 Å². The van der Waals surface area contributed by atoms with Crippen LogP contribution in [0, 0.1) is 0 Å². The first kappa shape index (κ1) is 17.6. The van der Waals surface area contributed by atoms with E-state index >= 15 is 0 Å². The van der Waals surface area contributed by atoms with Gasteiger partial charge in [0.1, 0.15) is 0 Å². The van der Waals surface area contributed by atoms with Gasteiger partial charge in [-0.1, -0.05) is 0 Å². The molecule has 0 aromatic rings. The summed E-state index contributed by atoms with van der Waals surface area (Å²) in [4.78, 5) is 23.1. The van der Waals surface area contributed by atoms with E-state index in [0.717, 1.165) is 0 Å². The average Bonchev–Trinajstić information content (AvgIpc) is 1.60. The molecule has 0 spiro atoms. The predicted octanol–water partition coefficient (Wildman–Crippen LogP) is 0.946. The Hall–Kier alpha value is 0.579. The summed E-state index contributed by atoms with van der Waals surface area (Å²) in [7, 11) is 0. The Balaban J connectivity index is -0.0000000886. The van der Waals surface area contributed by atoms with Gasteiger partial charge in [0, 0.05) is 10.2 Å².